The molecule has 1 saturated heterocycles. The van der Waals surface area contributed by atoms with E-state index in [1.54, 1.807) is 0 Å². The number of hydrogen-bond acceptors (Lipinski definition) is 3. The molecule has 1 atom stereocenters. The molecule has 0 aromatic carbocycles. The quantitative estimate of drug-likeness (QED) is 0.751. The fourth-order valence-electron chi connectivity index (χ4n) is 2.22. The van der Waals surface area contributed by atoms with E-state index in [0.717, 1.165) is 48.2 Å². The summed E-state index contributed by atoms with van der Waals surface area (Å²) in [7, 11) is 2.02. The molecule has 102 valence electrons. The van der Waals surface area contributed by atoms with Crippen LogP contribution < -0.4 is 0 Å². The highest BCUT2D eigenvalue weighted by atomic mass is 79.9. The number of aromatic nitrogens is 2. The molecule has 1 aromatic heterocycles. The Morgan fingerprint density at radius 2 is 2.28 bits per heavy atom. The first-order chi connectivity index (χ1) is 8.65. The number of halogens is 2. The van der Waals surface area contributed by atoms with E-state index in [4.69, 9.17) is 4.74 Å². The van der Waals surface area contributed by atoms with Crippen molar-refractivity contribution in [3.63, 3.8) is 0 Å². The van der Waals surface area contributed by atoms with E-state index in [0.29, 0.717) is 6.10 Å². The minimum atomic E-state index is 0.302. The summed E-state index contributed by atoms with van der Waals surface area (Å²) in [6.45, 7) is 5.84. The first-order valence-corrected chi connectivity index (χ1v) is 8.17. The summed E-state index contributed by atoms with van der Waals surface area (Å²) in [6.07, 6.45) is 1.26. The molecule has 1 aliphatic rings. The van der Waals surface area contributed by atoms with E-state index in [-0.39, 0.29) is 0 Å². The summed E-state index contributed by atoms with van der Waals surface area (Å²) in [4.78, 5) is 2.43. The lowest BCUT2D eigenvalue weighted by Crippen LogP contribution is -2.42. The zero-order valence-corrected chi connectivity index (χ0v) is 14.0. The molecule has 1 aliphatic heterocycles. The van der Waals surface area contributed by atoms with Crippen LogP contribution in [0.4, 0.5) is 0 Å². The number of hydrogen-bond donors (Lipinski definition) is 0. The van der Waals surface area contributed by atoms with E-state index in [9.17, 15) is 0 Å². The Hall–Kier alpha value is 0.0900. The standard InChI is InChI=1S/C12H19Br2N3O/c1-3-10-12(14)11(16(2)15-10)8-17-4-5-18-9(6-13)7-17/h9H,3-8H2,1-2H3. The third-order valence-corrected chi connectivity index (χ3v) is 4.91. The second kappa shape index (κ2) is 6.50. The summed E-state index contributed by atoms with van der Waals surface area (Å²) >= 11 is 7.16. The Kier molecular flexibility index (Phi) is 5.24. The van der Waals surface area contributed by atoms with Crippen LogP contribution in [-0.4, -0.2) is 45.8 Å². The van der Waals surface area contributed by atoms with Crippen LogP contribution in [0.3, 0.4) is 0 Å². The van der Waals surface area contributed by atoms with Crippen molar-refractivity contribution >= 4 is 31.9 Å². The average Bonchev–Trinajstić information content (AvgIpc) is 2.66. The van der Waals surface area contributed by atoms with Crippen LogP contribution in [0, 0.1) is 0 Å². The summed E-state index contributed by atoms with van der Waals surface area (Å²) in [6, 6.07) is 0. The molecule has 1 unspecified atom stereocenters. The minimum Gasteiger partial charge on any atom is -0.375 e. The molecule has 2 heterocycles. The van der Waals surface area contributed by atoms with Gasteiger partial charge in [-0.1, -0.05) is 22.9 Å². The smallest absolute Gasteiger partial charge is 0.0799 e. The molecule has 0 radical (unpaired) electrons. The Bertz CT molecular complexity index is 408. The van der Waals surface area contributed by atoms with Crippen LogP contribution in [0.2, 0.25) is 0 Å². The van der Waals surface area contributed by atoms with E-state index in [1.165, 1.54) is 5.69 Å². The van der Waals surface area contributed by atoms with Crippen LogP contribution in [0.5, 0.6) is 0 Å². The number of nitrogens with zero attached hydrogens (tertiary/aromatic N) is 3. The summed E-state index contributed by atoms with van der Waals surface area (Å²) in [5.41, 5.74) is 2.39. The summed E-state index contributed by atoms with van der Waals surface area (Å²) in [5, 5.41) is 5.44. The van der Waals surface area contributed by atoms with E-state index < -0.39 is 0 Å². The number of rotatable bonds is 4. The molecule has 0 saturated carbocycles. The van der Waals surface area contributed by atoms with Gasteiger partial charge in [0.1, 0.15) is 0 Å². The van der Waals surface area contributed by atoms with Crippen molar-refractivity contribution in [2.75, 3.05) is 25.0 Å². The summed E-state index contributed by atoms with van der Waals surface area (Å²) < 4.78 is 8.81. The maximum Gasteiger partial charge on any atom is 0.0799 e. The van der Waals surface area contributed by atoms with Crippen molar-refractivity contribution in [2.24, 2.45) is 7.05 Å². The van der Waals surface area contributed by atoms with Crippen molar-refractivity contribution < 1.29 is 4.74 Å². The first kappa shape index (κ1) is 14.5. The van der Waals surface area contributed by atoms with Crippen LogP contribution in [0.1, 0.15) is 18.3 Å². The molecule has 0 spiro atoms. The average molecular weight is 381 g/mol. The predicted octanol–water partition coefficient (Wildman–Crippen LogP) is 2.34. The van der Waals surface area contributed by atoms with Crippen molar-refractivity contribution in [3.05, 3.63) is 15.9 Å². The maximum absolute atomic E-state index is 5.66. The lowest BCUT2D eigenvalue weighted by molar-refractivity contribution is -0.0189. The van der Waals surface area contributed by atoms with Gasteiger partial charge in [-0.2, -0.15) is 5.10 Å². The van der Waals surface area contributed by atoms with Crippen molar-refractivity contribution in [1.82, 2.24) is 14.7 Å². The van der Waals surface area contributed by atoms with Crippen molar-refractivity contribution in [1.29, 1.82) is 0 Å². The zero-order chi connectivity index (χ0) is 13.1. The monoisotopic (exact) mass is 379 g/mol. The van der Waals surface area contributed by atoms with E-state index >= 15 is 0 Å². The van der Waals surface area contributed by atoms with Crippen LogP contribution in [-0.2, 0) is 24.8 Å². The lowest BCUT2D eigenvalue weighted by atomic mass is 10.2. The van der Waals surface area contributed by atoms with Crippen LogP contribution in [0.15, 0.2) is 4.47 Å². The van der Waals surface area contributed by atoms with E-state index in [1.807, 2.05) is 11.7 Å². The lowest BCUT2D eigenvalue weighted by Gasteiger charge is -2.32. The van der Waals surface area contributed by atoms with Gasteiger partial charge < -0.3 is 4.74 Å². The molecule has 0 aliphatic carbocycles. The van der Waals surface area contributed by atoms with Gasteiger partial charge in [0.15, 0.2) is 0 Å². The fourth-order valence-corrected chi connectivity index (χ4v) is 3.35. The van der Waals surface area contributed by atoms with Gasteiger partial charge in [0.25, 0.3) is 0 Å². The number of aryl methyl sites for hydroxylation is 2. The molecule has 6 heteroatoms. The maximum atomic E-state index is 5.66. The number of alkyl halides is 1. The normalized spacial score (nSPS) is 21.4. The molecule has 2 rings (SSSR count). The van der Waals surface area contributed by atoms with Gasteiger partial charge in [-0.15, -0.1) is 0 Å². The highest BCUT2D eigenvalue weighted by molar-refractivity contribution is 9.10. The van der Waals surface area contributed by atoms with Crippen molar-refractivity contribution in [3.8, 4) is 0 Å². The number of morpholine rings is 1. The third-order valence-electron chi connectivity index (χ3n) is 3.27. The Balaban J connectivity index is 2.07. The topological polar surface area (TPSA) is 30.3 Å². The Morgan fingerprint density at radius 1 is 1.50 bits per heavy atom. The van der Waals surface area contributed by atoms with Gasteiger partial charge in [-0.3, -0.25) is 9.58 Å². The summed E-state index contributed by atoms with van der Waals surface area (Å²) in [5.74, 6) is 0. The SMILES string of the molecule is CCc1nn(C)c(CN2CCOC(CBr)C2)c1Br. The van der Waals surface area contributed by atoms with Gasteiger partial charge in [-0.25, -0.2) is 0 Å². The van der Waals surface area contributed by atoms with Gasteiger partial charge in [-0.05, 0) is 22.4 Å². The minimum absolute atomic E-state index is 0.302. The van der Waals surface area contributed by atoms with E-state index in [2.05, 4.69) is 48.8 Å². The number of ether oxygens (including phenoxy) is 1. The van der Waals surface area contributed by atoms with Crippen LogP contribution >= 0.6 is 31.9 Å². The largest absolute Gasteiger partial charge is 0.375 e. The van der Waals surface area contributed by atoms with Gasteiger partial charge >= 0.3 is 0 Å². The molecular weight excluding hydrogens is 362 g/mol. The predicted molar refractivity (Wildman–Crippen MR) is 79.1 cm³/mol. The Morgan fingerprint density at radius 3 is 2.89 bits per heavy atom. The van der Waals surface area contributed by atoms with Crippen molar-refractivity contribution in [2.45, 2.75) is 26.0 Å². The molecule has 1 fully saturated rings. The molecule has 0 bridgehead atoms. The second-order valence-electron chi connectivity index (χ2n) is 4.57. The molecule has 0 N–H and O–H groups in total. The third kappa shape index (κ3) is 3.15. The Labute approximate surface area is 125 Å². The van der Waals surface area contributed by atoms with Gasteiger partial charge in [0.05, 0.1) is 28.6 Å². The fraction of sp³-hybridized carbons (Fsp3) is 0.750. The molecule has 4 nitrogen and oxygen atoms in total. The molecule has 1 aromatic rings. The molecule has 0 amide bonds. The zero-order valence-electron chi connectivity index (χ0n) is 10.8. The molecular formula is C12H19Br2N3O. The molecule has 18 heavy (non-hydrogen) atoms. The second-order valence-corrected chi connectivity index (χ2v) is 6.01. The first-order valence-electron chi connectivity index (χ1n) is 6.25. The van der Waals surface area contributed by atoms with Crippen LogP contribution in [0.25, 0.3) is 0 Å². The van der Waals surface area contributed by atoms with Gasteiger partial charge in [0.2, 0.25) is 0 Å². The van der Waals surface area contributed by atoms with Gasteiger partial charge in [0, 0.05) is 32.0 Å². The highest BCUT2D eigenvalue weighted by Gasteiger charge is 2.22. The highest BCUT2D eigenvalue weighted by Crippen LogP contribution is 2.23.